The highest BCUT2D eigenvalue weighted by atomic mass is 35.5. The summed E-state index contributed by atoms with van der Waals surface area (Å²) in [5, 5.41) is 16.8. The number of tetrazole rings is 1. The zero-order valence-electron chi connectivity index (χ0n) is 15.5. The molecule has 9 nitrogen and oxygen atoms in total. The minimum absolute atomic E-state index is 0.0538. The second kappa shape index (κ2) is 8.52. The summed E-state index contributed by atoms with van der Waals surface area (Å²) >= 11 is 12.3. The fourth-order valence-corrected chi connectivity index (χ4v) is 3.48. The lowest BCUT2D eigenvalue weighted by Gasteiger charge is -2.08. The third-order valence-corrected chi connectivity index (χ3v) is 5.01. The number of rotatable bonds is 6. The molecule has 4 aromatic rings. The Bertz CT molecular complexity index is 1250. The maximum absolute atomic E-state index is 12.0. The van der Waals surface area contributed by atoms with Crippen LogP contribution in [0.1, 0.15) is 11.1 Å². The third kappa shape index (κ3) is 4.27. The predicted octanol–water partition coefficient (Wildman–Crippen LogP) is 2.72. The van der Waals surface area contributed by atoms with Crippen molar-refractivity contribution in [2.24, 2.45) is 5.10 Å². The van der Waals surface area contributed by atoms with Crippen LogP contribution in [0.3, 0.4) is 0 Å². The summed E-state index contributed by atoms with van der Waals surface area (Å²) in [5.41, 5.74) is 10.8. The molecule has 0 aliphatic rings. The molecule has 2 aromatic carbocycles. The van der Waals surface area contributed by atoms with E-state index in [-0.39, 0.29) is 12.5 Å². The number of nitrogens with two attached hydrogens (primary N) is 1. The topological polar surface area (TPSA) is 116 Å². The smallest absolute Gasteiger partial charge is 0.261 e. The molecule has 2 heterocycles. The van der Waals surface area contributed by atoms with Crippen molar-refractivity contribution in [3.63, 3.8) is 0 Å². The molecule has 0 fully saturated rings. The molecule has 1 amide bonds. The Labute approximate surface area is 181 Å². The van der Waals surface area contributed by atoms with Gasteiger partial charge in [-0.2, -0.15) is 5.10 Å². The minimum Gasteiger partial charge on any atom is -0.367 e. The van der Waals surface area contributed by atoms with E-state index in [0.717, 1.165) is 22.0 Å². The van der Waals surface area contributed by atoms with Crippen molar-refractivity contribution in [1.29, 1.82) is 0 Å². The van der Waals surface area contributed by atoms with Gasteiger partial charge in [0.25, 0.3) is 5.91 Å². The van der Waals surface area contributed by atoms with Gasteiger partial charge >= 0.3 is 0 Å². The first-order chi connectivity index (χ1) is 14.5. The molecule has 0 saturated heterocycles. The van der Waals surface area contributed by atoms with E-state index in [9.17, 15) is 4.79 Å². The summed E-state index contributed by atoms with van der Waals surface area (Å²) in [6, 6.07) is 13.3. The average molecular weight is 443 g/mol. The minimum atomic E-state index is -0.401. The number of benzene rings is 2. The van der Waals surface area contributed by atoms with E-state index in [1.54, 1.807) is 12.3 Å². The fourth-order valence-electron chi connectivity index (χ4n) is 3.01. The number of carbonyl (C=O) groups is 1. The largest absolute Gasteiger partial charge is 0.367 e. The van der Waals surface area contributed by atoms with Gasteiger partial charge in [-0.1, -0.05) is 52.6 Å². The highest BCUT2D eigenvalue weighted by molar-refractivity contribution is 6.35. The van der Waals surface area contributed by atoms with Crippen LogP contribution in [0, 0.1) is 0 Å². The lowest BCUT2D eigenvalue weighted by molar-refractivity contribution is -0.121. The van der Waals surface area contributed by atoms with Crippen LogP contribution in [0.15, 0.2) is 53.8 Å². The van der Waals surface area contributed by atoms with Crippen molar-refractivity contribution < 1.29 is 4.79 Å². The first-order valence-corrected chi connectivity index (χ1v) is 9.62. The molecule has 30 heavy (non-hydrogen) atoms. The van der Waals surface area contributed by atoms with Crippen molar-refractivity contribution in [2.75, 3.05) is 5.73 Å². The van der Waals surface area contributed by atoms with Crippen molar-refractivity contribution in [1.82, 2.24) is 30.2 Å². The van der Waals surface area contributed by atoms with Crippen LogP contribution in [0.5, 0.6) is 0 Å². The number of hydrogen-bond acceptors (Lipinski definition) is 6. The standard InChI is InChI=1S/C19H16Cl2N8O/c20-14-6-5-12(16(21)7-14)9-28-10-13(15-3-1-2-4-17(15)28)8-23-24-18(30)11-29-19(22)25-26-27-29/h1-8,10H,9,11H2,(H,24,30)(H2,22,25,27)/b23-8-. The lowest BCUT2D eigenvalue weighted by Crippen LogP contribution is -2.24. The monoisotopic (exact) mass is 442 g/mol. The van der Waals surface area contributed by atoms with E-state index in [4.69, 9.17) is 28.9 Å². The average Bonchev–Trinajstić information content (AvgIpc) is 3.28. The number of carbonyl (C=O) groups excluding carboxylic acids is 1. The van der Waals surface area contributed by atoms with Gasteiger partial charge in [0.2, 0.25) is 5.95 Å². The molecule has 0 saturated carbocycles. The van der Waals surface area contributed by atoms with Crippen LogP contribution >= 0.6 is 23.2 Å². The van der Waals surface area contributed by atoms with Crippen LogP contribution in [0.25, 0.3) is 10.9 Å². The van der Waals surface area contributed by atoms with Gasteiger partial charge in [-0.15, -0.1) is 0 Å². The SMILES string of the molecule is Nc1nnnn1CC(=O)N/N=C\c1cn(Cc2ccc(Cl)cc2Cl)c2ccccc12. The normalized spacial score (nSPS) is 11.4. The molecule has 0 radical (unpaired) electrons. The van der Waals surface area contributed by atoms with E-state index in [1.807, 2.05) is 42.6 Å². The zero-order valence-corrected chi connectivity index (χ0v) is 17.0. The third-order valence-electron chi connectivity index (χ3n) is 4.42. The molecule has 0 aliphatic carbocycles. The Hall–Kier alpha value is -3.43. The predicted molar refractivity (Wildman–Crippen MR) is 115 cm³/mol. The molecule has 0 atom stereocenters. The summed E-state index contributed by atoms with van der Waals surface area (Å²) in [7, 11) is 0. The maximum Gasteiger partial charge on any atom is 0.261 e. The van der Waals surface area contributed by atoms with Crippen molar-refractivity contribution in [3.05, 3.63) is 69.8 Å². The maximum atomic E-state index is 12.0. The van der Waals surface area contributed by atoms with Crippen LogP contribution in [0.4, 0.5) is 5.95 Å². The van der Waals surface area contributed by atoms with E-state index in [1.165, 1.54) is 4.68 Å². The molecular weight excluding hydrogens is 427 g/mol. The van der Waals surface area contributed by atoms with Crippen LogP contribution < -0.4 is 11.2 Å². The van der Waals surface area contributed by atoms with E-state index in [0.29, 0.717) is 16.6 Å². The first-order valence-electron chi connectivity index (χ1n) is 8.86. The molecule has 4 rings (SSSR count). The van der Waals surface area contributed by atoms with E-state index in [2.05, 4.69) is 30.6 Å². The number of fused-ring (bicyclic) bond motifs is 1. The Kier molecular flexibility index (Phi) is 5.64. The number of amides is 1. The van der Waals surface area contributed by atoms with Gasteiger partial charge in [0.15, 0.2) is 0 Å². The van der Waals surface area contributed by atoms with Gasteiger partial charge in [0.1, 0.15) is 6.54 Å². The molecule has 2 aromatic heterocycles. The number of nitrogens with zero attached hydrogens (tertiary/aromatic N) is 6. The lowest BCUT2D eigenvalue weighted by atomic mass is 10.2. The summed E-state index contributed by atoms with van der Waals surface area (Å²) < 4.78 is 3.24. The number of nitrogen functional groups attached to an aromatic ring is 1. The van der Waals surface area contributed by atoms with Crippen molar-refractivity contribution in [2.45, 2.75) is 13.1 Å². The van der Waals surface area contributed by atoms with Gasteiger partial charge < -0.3 is 10.3 Å². The molecule has 152 valence electrons. The Morgan fingerprint density at radius 3 is 2.83 bits per heavy atom. The summed E-state index contributed by atoms with van der Waals surface area (Å²) in [6.45, 7) is 0.433. The van der Waals surface area contributed by atoms with Gasteiger partial charge in [-0.3, -0.25) is 4.79 Å². The van der Waals surface area contributed by atoms with Crippen molar-refractivity contribution in [3.8, 4) is 0 Å². The Morgan fingerprint density at radius 1 is 1.23 bits per heavy atom. The number of halogens is 2. The molecule has 0 unspecified atom stereocenters. The Balaban J connectivity index is 1.53. The Morgan fingerprint density at radius 2 is 2.07 bits per heavy atom. The molecule has 11 heteroatoms. The fraction of sp³-hybridized carbons (Fsp3) is 0.105. The molecule has 3 N–H and O–H groups in total. The quantitative estimate of drug-likeness (QED) is 0.351. The molecule has 0 aliphatic heterocycles. The number of hydrogen-bond donors (Lipinski definition) is 2. The summed E-state index contributed by atoms with van der Waals surface area (Å²) in [6.07, 6.45) is 3.54. The van der Waals surface area contributed by atoms with Gasteiger partial charge in [0, 0.05) is 39.3 Å². The van der Waals surface area contributed by atoms with Gasteiger partial charge in [-0.05, 0) is 34.2 Å². The van der Waals surface area contributed by atoms with Crippen LogP contribution in [-0.4, -0.2) is 36.9 Å². The van der Waals surface area contributed by atoms with Crippen LogP contribution in [0.2, 0.25) is 10.0 Å². The summed E-state index contributed by atoms with van der Waals surface area (Å²) in [5.74, 6) is -0.347. The van der Waals surface area contributed by atoms with Crippen LogP contribution in [-0.2, 0) is 17.9 Å². The number of aromatic nitrogens is 5. The zero-order chi connectivity index (χ0) is 21.1. The van der Waals surface area contributed by atoms with Crippen molar-refractivity contribution >= 4 is 52.2 Å². The van der Waals surface area contributed by atoms with Gasteiger partial charge in [0.05, 0.1) is 6.21 Å². The number of nitrogens with one attached hydrogen (secondary N) is 1. The highest BCUT2D eigenvalue weighted by Crippen LogP contribution is 2.25. The van der Waals surface area contributed by atoms with Gasteiger partial charge in [-0.25, -0.2) is 10.1 Å². The number of para-hydroxylation sites is 1. The second-order valence-electron chi connectivity index (χ2n) is 6.45. The number of anilines is 1. The van der Waals surface area contributed by atoms with E-state index >= 15 is 0 Å². The number of hydrazone groups is 1. The van der Waals surface area contributed by atoms with E-state index < -0.39 is 5.91 Å². The second-order valence-corrected chi connectivity index (χ2v) is 7.30. The molecule has 0 spiro atoms. The highest BCUT2D eigenvalue weighted by Gasteiger charge is 2.10. The molecular formula is C19H16Cl2N8O. The first kappa shape index (κ1) is 19.9. The summed E-state index contributed by atoms with van der Waals surface area (Å²) in [4.78, 5) is 12.0. The molecule has 0 bridgehead atoms.